The van der Waals surface area contributed by atoms with Crippen molar-refractivity contribution in [3.8, 4) is 0 Å². The summed E-state index contributed by atoms with van der Waals surface area (Å²) in [6.07, 6.45) is 1.08. The normalized spacial score (nSPS) is 11.9. The van der Waals surface area contributed by atoms with Crippen LogP contribution in [0, 0.1) is 13.8 Å². The highest BCUT2D eigenvalue weighted by molar-refractivity contribution is 7.92. The molecule has 0 saturated carbocycles. The van der Waals surface area contributed by atoms with Crippen LogP contribution in [-0.2, 0) is 31.4 Å². The third kappa shape index (κ3) is 5.99. The second-order valence-corrected chi connectivity index (χ2v) is 12.7. The first-order valence-corrected chi connectivity index (χ1v) is 14.4. The topological polar surface area (TPSA) is 152 Å². The molecule has 0 atom stereocenters. The Bertz CT molecular complexity index is 1570. The van der Waals surface area contributed by atoms with E-state index in [-0.39, 0.29) is 20.6 Å². The standard InChI is InChI=1S/C22H21N5O5S3/c1-14-3-7-16(8-4-14)22(28)21-18(11-23-26-21)34(29,30)12-19-24-25-20(33-19)13-35(31,32)27-17-9-5-15(2)6-10-17/h3-11,27H,12-13H2,1-2H3,(H,23,26). The Morgan fingerprint density at radius 1 is 0.886 bits per heavy atom. The number of aromatic amines is 1. The van der Waals surface area contributed by atoms with E-state index in [0.29, 0.717) is 11.3 Å². The number of sulfonamides is 1. The molecule has 13 heteroatoms. The van der Waals surface area contributed by atoms with Crippen LogP contribution in [0.3, 0.4) is 0 Å². The fourth-order valence-electron chi connectivity index (χ4n) is 3.17. The highest BCUT2D eigenvalue weighted by Gasteiger charge is 2.28. The van der Waals surface area contributed by atoms with Gasteiger partial charge in [0.1, 0.15) is 32.1 Å². The van der Waals surface area contributed by atoms with Gasteiger partial charge in [-0.1, -0.05) is 58.9 Å². The van der Waals surface area contributed by atoms with E-state index in [9.17, 15) is 21.6 Å². The van der Waals surface area contributed by atoms with E-state index in [2.05, 4.69) is 25.1 Å². The lowest BCUT2D eigenvalue weighted by molar-refractivity contribution is 0.103. The largest absolute Gasteiger partial charge is 0.287 e. The van der Waals surface area contributed by atoms with E-state index < -0.39 is 37.1 Å². The van der Waals surface area contributed by atoms with E-state index >= 15 is 0 Å². The molecule has 0 unspecified atom stereocenters. The Labute approximate surface area is 206 Å². The first kappa shape index (κ1) is 24.7. The van der Waals surface area contributed by atoms with Gasteiger partial charge in [-0.05, 0) is 26.0 Å². The quantitative estimate of drug-likeness (QED) is 0.313. The van der Waals surface area contributed by atoms with Crippen LogP contribution in [0.25, 0.3) is 0 Å². The Kier molecular flexibility index (Phi) is 6.83. The second-order valence-electron chi connectivity index (χ2n) is 7.88. The lowest BCUT2D eigenvalue weighted by Gasteiger charge is -2.06. The molecule has 0 bridgehead atoms. The Morgan fingerprint density at radius 3 is 2.09 bits per heavy atom. The minimum atomic E-state index is -4.02. The van der Waals surface area contributed by atoms with Gasteiger partial charge in [0.15, 0.2) is 9.84 Å². The van der Waals surface area contributed by atoms with Gasteiger partial charge in [0, 0.05) is 11.3 Å². The molecular weight excluding hydrogens is 510 g/mol. The summed E-state index contributed by atoms with van der Waals surface area (Å²) in [6.45, 7) is 3.76. The summed E-state index contributed by atoms with van der Waals surface area (Å²) >= 11 is 0.873. The van der Waals surface area contributed by atoms with Gasteiger partial charge in [-0.2, -0.15) is 5.10 Å². The molecule has 2 N–H and O–H groups in total. The molecule has 2 aromatic carbocycles. The van der Waals surface area contributed by atoms with Crippen LogP contribution in [0.4, 0.5) is 5.69 Å². The van der Waals surface area contributed by atoms with Gasteiger partial charge in [-0.25, -0.2) is 16.8 Å². The minimum absolute atomic E-state index is 0.0977. The summed E-state index contributed by atoms with van der Waals surface area (Å²) in [7, 11) is -7.79. The van der Waals surface area contributed by atoms with Crippen LogP contribution in [0.1, 0.15) is 37.2 Å². The van der Waals surface area contributed by atoms with Crippen molar-refractivity contribution >= 4 is 42.7 Å². The number of hydrogen-bond acceptors (Lipinski definition) is 9. The van der Waals surface area contributed by atoms with Crippen molar-refractivity contribution in [3.05, 3.63) is 87.1 Å². The summed E-state index contributed by atoms with van der Waals surface area (Å²) in [5, 5.41) is 14.1. The zero-order valence-corrected chi connectivity index (χ0v) is 21.2. The molecule has 0 aliphatic carbocycles. The average Bonchev–Trinajstić information content (AvgIpc) is 3.45. The summed E-state index contributed by atoms with van der Waals surface area (Å²) in [5.41, 5.74) is 2.53. The van der Waals surface area contributed by atoms with Gasteiger partial charge in [-0.3, -0.25) is 14.6 Å². The van der Waals surface area contributed by atoms with Gasteiger partial charge in [0.25, 0.3) is 0 Å². The SMILES string of the molecule is Cc1ccc(NS(=O)(=O)Cc2nnc(CS(=O)(=O)c3cn[nH]c3C(=O)c3ccc(C)cc3)s2)cc1. The maximum atomic E-state index is 13.0. The number of ketones is 1. The maximum absolute atomic E-state index is 13.0. The van der Waals surface area contributed by atoms with Crippen molar-refractivity contribution < 1.29 is 21.6 Å². The summed E-state index contributed by atoms with van der Waals surface area (Å²) in [4.78, 5) is 12.6. The number of H-pyrrole nitrogens is 1. The predicted octanol–water partition coefficient (Wildman–Crippen LogP) is 3.02. The molecule has 2 aromatic heterocycles. The van der Waals surface area contributed by atoms with Gasteiger partial charge in [0.05, 0.1) is 6.20 Å². The zero-order valence-electron chi connectivity index (χ0n) is 18.7. The number of nitrogens with zero attached hydrogens (tertiary/aromatic N) is 3. The fraction of sp³-hybridized carbons (Fsp3) is 0.182. The fourth-order valence-corrected chi connectivity index (χ4v) is 7.16. The third-order valence-electron chi connectivity index (χ3n) is 4.94. The summed E-state index contributed by atoms with van der Waals surface area (Å²) < 4.78 is 53.5. The number of carbonyl (C=O) groups excluding carboxylic acids is 1. The average molecular weight is 532 g/mol. The number of hydrogen-bond donors (Lipinski definition) is 2. The summed E-state index contributed by atoms with van der Waals surface area (Å²) in [6, 6.07) is 13.6. The Balaban J connectivity index is 1.48. The molecule has 0 amide bonds. The Hall–Kier alpha value is -3.42. The van der Waals surface area contributed by atoms with Crippen LogP contribution >= 0.6 is 11.3 Å². The van der Waals surface area contributed by atoms with E-state index in [1.54, 1.807) is 48.5 Å². The van der Waals surface area contributed by atoms with Crippen LogP contribution < -0.4 is 4.72 Å². The smallest absolute Gasteiger partial charge is 0.239 e. The minimum Gasteiger partial charge on any atom is -0.287 e. The summed E-state index contributed by atoms with van der Waals surface area (Å²) in [5.74, 6) is -1.52. The first-order valence-electron chi connectivity index (χ1n) is 10.3. The van der Waals surface area contributed by atoms with Crippen molar-refractivity contribution in [1.82, 2.24) is 20.4 Å². The lowest BCUT2D eigenvalue weighted by Crippen LogP contribution is -2.14. The number of sulfone groups is 1. The molecule has 35 heavy (non-hydrogen) atoms. The van der Waals surface area contributed by atoms with Crippen LogP contribution in [-0.4, -0.2) is 43.0 Å². The van der Waals surface area contributed by atoms with Crippen LogP contribution in [0.5, 0.6) is 0 Å². The molecular formula is C22H21N5O5S3. The highest BCUT2D eigenvalue weighted by atomic mass is 32.2. The number of aryl methyl sites for hydroxylation is 2. The van der Waals surface area contributed by atoms with Gasteiger partial charge < -0.3 is 0 Å². The van der Waals surface area contributed by atoms with E-state index in [4.69, 9.17) is 0 Å². The van der Waals surface area contributed by atoms with E-state index in [0.717, 1.165) is 28.7 Å². The van der Waals surface area contributed by atoms with Crippen LogP contribution in [0.15, 0.2) is 59.6 Å². The molecule has 0 spiro atoms. The molecule has 2 heterocycles. The number of benzene rings is 2. The van der Waals surface area contributed by atoms with Gasteiger partial charge >= 0.3 is 0 Å². The molecule has 4 rings (SSSR count). The van der Waals surface area contributed by atoms with E-state index in [1.807, 2.05) is 13.8 Å². The van der Waals surface area contributed by atoms with Crippen molar-refractivity contribution in [2.75, 3.05) is 4.72 Å². The number of anilines is 1. The number of nitrogens with one attached hydrogen (secondary N) is 2. The van der Waals surface area contributed by atoms with Gasteiger partial charge in [0.2, 0.25) is 15.8 Å². The molecule has 0 fully saturated rings. The van der Waals surface area contributed by atoms with Crippen molar-refractivity contribution in [2.24, 2.45) is 0 Å². The van der Waals surface area contributed by atoms with Crippen molar-refractivity contribution in [2.45, 2.75) is 30.2 Å². The molecule has 0 saturated heterocycles. The highest BCUT2D eigenvalue weighted by Crippen LogP contribution is 2.24. The third-order valence-corrected chi connectivity index (χ3v) is 9.06. The molecule has 0 aliphatic rings. The maximum Gasteiger partial charge on any atom is 0.239 e. The van der Waals surface area contributed by atoms with Crippen molar-refractivity contribution in [3.63, 3.8) is 0 Å². The monoisotopic (exact) mass is 531 g/mol. The lowest BCUT2D eigenvalue weighted by atomic mass is 10.1. The molecule has 0 aliphatic heterocycles. The Morgan fingerprint density at radius 2 is 1.46 bits per heavy atom. The number of carbonyl (C=O) groups is 1. The number of aromatic nitrogens is 4. The number of rotatable bonds is 9. The first-order chi connectivity index (χ1) is 16.5. The van der Waals surface area contributed by atoms with Crippen molar-refractivity contribution in [1.29, 1.82) is 0 Å². The zero-order chi connectivity index (χ0) is 25.2. The predicted molar refractivity (Wildman–Crippen MR) is 131 cm³/mol. The molecule has 10 nitrogen and oxygen atoms in total. The van der Waals surface area contributed by atoms with E-state index in [1.165, 1.54) is 0 Å². The molecule has 182 valence electrons. The second kappa shape index (κ2) is 9.68. The molecule has 4 aromatic rings. The van der Waals surface area contributed by atoms with Gasteiger partial charge in [-0.15, -0.1) is 10.2 Å². The molecule has 0 radical (unpaired) electrons. The van der Waals surface area contributed by atoms with Crippen LogP contribution in [0.2, 0.25) is 0 Å².